The zero-order valence-electron chi connectivity index (χ0n) is 16.3. The molecule has 3 rings (SSSR count). The summed E-state index contributed by atoms with van der Waals surface area (Å²) in [4.78, 5) is 11.8. The summed E-state index contributed by atoms with van der Waals surface area (Å²) in [5.74, 6) is -0.183. The number of carbonyl (C=O) groups is 1. The van der Waals surface area contributed by atoms with Gasteiger partial charge in [-0.15, -0.1) is 0 Å². The number of nitrogens with one attached hydrogen (secondary N) is 1. The highest BCUT2D eigenvalue weighted by molar-refractivity contribution is 5.73. The molecule has 0 unspecified atom stereocenters. The van der Waals surface area contributed by atoms with Gasteiger partial charge in [0.25, 0.3) is 0 Å². The van der Waals surface area contributed by atoms with Crippen molar-refractivity contribution in [3.05, 3.63) is 71.8 Å². The van der Waals surface area contributed by atoms with Crippen molar-refractivity contribution in [2.75, 3.05) is 0 Å². The number of ether oxygens (including phenoxy) is 3. The van der Waals surface area contributed by atoms with Crippen molar-refractivity contribution in [2.24, 2.45) is 5.73 Å². The van der Waals surface area contributed by atoms with E-state index < -0.39 is 24.5 Å². The van der Waals surface area contributed by atoms with Crippen molar-refractivity contribution in [3.8, 4) is 0 Å². The molecule has 0 spiro atoms. The van der Waals surface area contributed by atoms with Gasteiger partial charge >= 0.3 is 0 Å². The Bertz CT molecular complexity index is 741. The molecule has 3 N–H and O–H groups in total. The number of rotatable bonds is 7. The third-order valence-electron chi connectivity index (χ3n) is 4.83. The summed E-state index contributed by atoms with van der Waals surface area (Å²) < 4.78 is 18.1. The molecule has 1 fully saturated rings. The summed E-state index contributed by atoms with van der Waals surface area (Å²) in [6.07, 6.45) is -1.36. The van der Waals surface area contributed by atoms with Crippen molar-refractivity contribution in [1.82, 2.24) is 5.32 Å². The largest absolute Gasteiger partial charge is 0.369 e. The third kappa shape index (κ3) is 5.39. The minimum Gasteiger partial charge on any atom is -0.369 e. The molecule has 0 aliphatic carbocycles. The molecular formula is C22H28N2O4. The number of hydrogen-bond donors (Lipinski definition) is 2. The lowest BCUT2D eigenvalue weighted by Crippen LogP contribution is -2.66. The van der Waals surface area contributed by atoms with Crippen LogP contribution < -0.4 is 11.1 Å². The van der Waals surface area contributed by atoms with E-state index in [-0.39, 0.29) is 12.0 Å². The molecule has 1 amide bonds. The van der Waals surface area contributed by atoms with Gasteiger partial charge in [0.2, 0.25) is 5.91 Å². The standard InChI is InChI=1S/C22H28N2O4/c1-15-19(23)21(26-13-17-9-5-3-6-10-17)20(24-16(2)25)22(28-15)27-14-18-11-7-4-8-12-18/h3-12,15,19-22H,13-14,23H2,1-2H3,(H,24,25)/t15-,19-,20+,21-,22-/m0/s1. The molecule has 0 bridgehead atoms. The highest BCUT2D eigenvalue weighted by Gasteiger charge is 2.44. The second-order valence-electron chi connectivity index (χ2n) is 7.07. The Kier molecular flexibility index (Phi) is 7.17. The topological polar surface area (TPSA) is 82.8 Å². The highest BCUT2D eigenvalue weighted by atomic mass is 16.7. The van der Waals surface area contributed by atoms with Crippen LogP contribution in [0.25, 0.3) is 0 Å². The van der Waals surface area contributed by atoms with Gasteiger partial charge in [-0.2, -0.15) is 0 Å². The molecule has 2 aromatic carbocycles. The molecule has 28 heavy (non-hydrogen) atoms. The van der Waals surface area contributed by atoms with E-state index in [1.165, 1.54) is 6.92 Å². The number of amides is 1. The van der Waals surface area contributed by atoms with Crippen LogP contribution in [0, 0.1) is 0 Å². The van der Waals surface area contributed by atoms with E-state index in [1.807, 2.05) is 67.6 Å². The molecule has 1 heterocycles. The summed E-state index contributed by atoms with van der Waals surface area (Å²) in [6, 6.07) is 18.8. The van der Waals surface area contributed by atoms with E-state index in [0.717, 1.165) is 11.1 Å². The van der Waals surface area contributed by atoms with Crippen LogP contribution in [0.2, 0.25) is 0 Å². The van der Waals surface area contributed by atoms with Crippen LogP contribution in [-0.4, -0.2) is 36.5 Å². The zero-order valence-corrected chi connectivity index (χ0v) is 16.3. The predicted octanol–water partition coefficient (Wildman–Crippen LogP) is 2.37. The Morgan fingerprint density at radius 3 is 2.07 bits per heavy atom. The Morgan fingerprint density at radius 2 is 1.54 bits per heavy atom. The van der Waals surface area contributed by atoms with Crippen LogP contribution >= 0.6 is 0 Å². The van der Waals surface area contributed by atoms with Crippen LogP contribution in [0.5, 0.6) is 0 Å². The minimum atomic E-state index is -0.653. The summed E-state index contributed by atoms with van der Waals surface area (Å²) in [7, 11) is 0. The number of nitrogens with two attached hydrogens (primary N) is 1. The summed E-state index contributed by atoms with van der Waals surface area (Å²) in [6.45, 7) is 4.13. The van der Waals surface area contributed by atoms with E-state index in [4.69, 9.17) is 19.9 Å². The monoisotopic (exact) mass is 384 g/mol. The van der Waals surface area contributed by atoms with Crippen molar-refractivity contribution in [2.45, 2.75) is 57.6 Å². The quantitative estimate of drug-likeness (QED) is 0.766. The average molecular weight is 384 g/mol. The molecular weight excluding hydrogens is 356 g/mol. The highest BCUT2D eigenvalue weighted by Crippen LogP contribution is 2.25. The lowest BCUT2D eigenvalue weighted by Gasteiger charge is -2.44. The average Bonchev–Trinajstić information content (AvgIpc) is 2.70. The van der Waals surface area contributed by atoms with Gasteiger partial charge in [0.1, 0.15) is 12.1 Å². The van der Waals surface area contributed by atoms with E-state index >= 15 is 0 Å². The van der Waals surface area contributed by atoms with Crippen LogP contribution in [0.15, 0.2) is 60.7 Å². The molecule has 2 aromatic rings. The van der Waals surface area contributed by atoms with E-state index in [0.29, 0.717) is 13.2 Å². The Labute approximate surface area is 166 Å². The first-order valence-electron chi connectivity index (χ1n) is 9.54. The van der Waals surface area contributed by atoms with Crippen LogP contribution in [0.3, 0.4) is 0 Å². The van der Waals surface area contributed by atoms with E-state index in [2.05, 4.69) is 5.32 Å². The smallest absolute Gasteiger partial charge is 0.217 e. The van der Waals surface area contributed by atoms with E-state index in [9.17, 15) is 4.79 Å². The fourth-order valence-corrected chi connectivity index (χ4v) is 3.31. The Hall–Kier alpha value is -2.25. The fraction of sp³-hybridized carbons (Fsp3) is 0.409. The number of hydrogen-bond acceptors (Lipinski definition) is 5. The van der Waals surface area contributed by atoms with Crippen LogP contribution in [0.4, 0.5) is 0 Å². The maximum absolute atomic E-state index is 11.8. The van der Waals surface area contributed by atoms with Gasteiger partial charge in [-0.1, -0.05) is 60.7 Å². The molecule has 0 radical (unpaired) electrons. The van der Waals surface area contributed by atoms with Gasteiger partial charge in [-0.25, -0.2) is 0 Å². The second kappa shape index (κ2) is 9.80. The summed E-state index contributed by atoms with van der Waals surface area (Å²) in [5, 5.41) is 2.91. The van der Waals surface area contributed by atoms with E-state index in [1.54, 1.807) is 0 Å². The molecule has 6 nitrogen and oxygen atoms in total. The van der Waals surface area contributed by atoms with Gasteiger partial charge in [0.05, 0.1) is 25.4 Å². The molecule has 1 aliphatic rings. The normalized spacial score (nSPS) is 27.3. The second-order valence-corrected chi connectivity index (χ2v) is 7.07. The molecule has 150 valence electrons. The van der Waals surface area contributed by atoms with Gasteiger partial charge in [-0.05, 0) is 18.1 Å². The lowest BCUT2D eigenvalue weighted by molar-refractivity contribution is -0.245. The first-order chi connectivity index (χ1) is 13.5. The Morgan fingerprint density at radius 1 is 1.00 bits per heavy atom. The zero-order chi connectivity index (χ0) is 19.9. The summed E-state index contributed by atoms with van der Waals surface area (Å²) in [5.41, 5.74) is 8.43. The first-order valence-corrected chi connectivity index (χ1v) is 9.54. The van der Waals surface area contributed by atoms with Gasteiger partial charge < -0.3 is 25.3 Å². The molecule has 0 saturated carbocycles. The summed E-state index contributed by atoms with van der Waals surface area (Å²) >= 11 is 0. The molecule has 5 atom stereocenters. The van der Waals surface area contributed by atoms with Crippen molar-refractivity contribution in [3.63, 3.8) is 0 Å². The molecule has 6 heteroatoms. The van der Waals surface area contributed by atoms with Crippen molar-refractivity contribution < 1.29 is 19.0 Å². The van der Waals surface area contributed by atoms with Crippen molar-refractivity contribution in [1.29, 1.82) is 0 Å². The van der Waals surface area contributed by atoms with Gasteiger partial charge in [0, 0.05) is 6.92 Å². The van der Waals surface area contributed by atoms with Crippen LogP contribution in [0.1, 0.15) is 25.0 Å². The fourth-order valence-electron chi connectivity index (χ4n) is 3.31. The molecule has 0 aromatic heterocycles. The number of carbonyl (C=O) groups excluding carboxylic acids is 1. The van der Waals surface area contributed by atoms with Gasteiger partial charge in [0.15, 0.2) is 6.29 Å². The lowest BCUT2D eigenvalue weighted by atomic mass is 9.95. The third-order valence-corrected chi connectivity index (χ3v) is 4.83. The maximum Gasteiger partial charge on any atom is 0.217 e. The Balaban J connectivity index is 1.73. The van der Waals surface area contributed by atoms with Crippen molar-refractivity contribution >= 4 is 5.91 Å². The number of benzene rings is 2. The predicted molar refractivity (Wildman–Crippen MR) is 106 cm³/mol. The maximum atomic E-state index is 11.8. The first kappa shape index (κ1) is 20.5. The van der Waals surface area contributed by atoms with Gasteiger partial charge in [-0.3, -0.25) is 4.79 Å². The molecule has 1 aliphatic heterocycles. The SMILES string of the molecule is CC(=O)N[C@H]1[C@@H](OCc2ccccc2)O[C@@H](C)[C@H](N)[C@@H]1OCc1ccccc1. The molecule has 1 saturated heterocycles. The van der Waals surface area contributed by atoms with Crippen LogP contribution in [-0.2, 0) is 32.2 Å². The minimum absolute atomic E-state index is 0.183.